The van der Waals surface area contributed by atoms with Crippen LogP contribution in [0.2, 0.25) is 5.02 Å². The number of halogens is 1. The molecule has 1 aromatic heterocycles. The van der Waals surface area contributed by atoms with Crippen LogP contribution in [0.4, 0.5) is 11.4 Å². The fourth-order valence-corrected chi connectivity index (χ4v) is 3.06. The number of carbonyl (C=O) groups excluding carboxylic acids is 2. The van der Waals surface area contributed by atoms with Gasteiger partial charge >= 0.3 is 0 Å². The highest BCUT2D eigenvalue weighted by Crippen LogP contribution is 2.23. The van der Waals surface area contributed by atoms with Gasteiger partial charge in [0.2, 0.25) is 17.7 Å². The normalized spacial score (nSPS) is 10.8. The summed E-state index contributed by atoms with van der Waals surface area (Å²) in [5.74, 6) is 0.868. The van der Waals surface area contributed by atoms with E-state index in [4.69, 9.17) is 16.0 Å². The average Bonchev–Trinajstić information content (AvgIpc) is 3.17. The van der Waals surface area contributed by atoms with Gasteiger partial charge in [0.15, 0.2) is 5.76 Å². The molecule has 2 aromatic carbocycles. The highest BCUT2D eigenvalue weighted by molar-refractivity contribution is 6.30. The molecule has 0 saturated heterocycles. The van der Waals surface area contributed by atoms with Gasteiger partial charge in [-0.05, 0) is 42.9 Å². The third-order valence-corrected chi connectivity index (χ3v) is 4.56. The number of carbonyl (C=O) groups is 2. The van der Waals surface area contributed by atoms with Crippen molar-refractivity contribution >= 4 is 34.8 Å². The Morgan fingerprint density at radius 1 is 1.10 bits per heavy atom. The molecule has 0 radical (unpaired) electrons. The van der Waals surface area contributed by atoms with Crippen molar-refractivity contribution in [3.05, 3.63) is 65.6 Å². The standard InChI is InChI=1S/C22H23ClN4O3/c1-3-27(13-21(29)26-19-9-7-18(8-10-19)25-15(2)28)14-22-24-12-20(30-22)16-5-4-6-17(23)11-16/h4-12H,3,13-14H2,1-2H3,(H,25,28)(H,26,29). The molecule has 0 fully saturated rings. The molecule has 3 rings (SSSR count). The van der Waals surface area contributed by atoms with E-state index >= 15 is 0 Å². The van der Waals surface area contributed by atoms with Crippen LogP contribution in [0.25, 0.3) is 11.3 Å². The van der Waals surface area contributed by atoms with Gasteiger partial charge in [-0.3, -0.25) is 14.5 Å². The van der Waals surface area contributed by atoms with Crippen LogP contribution in [0.15, 0.2) is 59.1 Å². The summed E-state index contributed by atoms with van der Waals surface area (Å²) >= 11 is 6.03. The first-order chi connectivity index (χ1) is 14.4. The molecule has 0 aliphatic carbocycles. The van der Waals surface area contributed by atoms with Gasteiger partial charge in [0.1, 0.15) is 0 Å². The first kappa shape index (κ1) is 21.5. The van der Waals surface area contributed by atoms with E-state index in [1.54, 1.807) is 36.5 Å². The molecule has 0 bridgehead atoms. The lowest BCUT2D eigenvalue weighted by Gasteiger charge is -2.18. The molecule has 156 valence electrons. The van der Waals surface area contributed by atoms with Crippen molar-refractivity contribution in [3.63, 3.8) is 0 Å². The molecule has 0 saturated carbocycles. The number of benzene rings is 2. The molecule has 1 heterocycles. The Morgan fingerprint density at radius 2 is 1.80 bits per heavy atom. The summed E-state index contributed by atoms with van der Waals surface area (Å²) in [6.45, 7) is 4.67. The molecular formula is C22H23ClN4O3. The minimum Gasteiger partial charge on any atom is -0.439 e. The Labute approximate surface area is 180 Å². The summed E-state index contributed by atoms with van der Waals surface area (Å²) < 4.78 is 5.82. The second kappa shape index (κ2) is 10.0. The van der Waals surface area contributed by atoms with Gasteiger partial charge in [-0.1, -0.05) is 30.7 Å². The lowest BCUT2D eigenvalue weighted by atomic mass is 10.2. The van der Waals surface area contributed by atoms with Crippen LogP contribution in [-0.4, -0.2) is 34.8 Å². The molecule has 0 unspecified atom stereocenters. The number of anilines is 2. The summed E-state index contributed by atoms with van der Waals surface area (Å²) in [5, 5.41) is 6.16. The second-order valence-corrected chi connectivity index (χ2v) is 7.18. The maximum Gasteiger partial charge on any atom is 0.238 e. The Morgan fingerprint density at radius 3 is 2.43 bits per heavy atom. The number of nitrogens with zero attached hydrogens (tertiary/aromatic N) is 2. The van der Waals surface area contributed by atoms with E-state index in [0.717, 1.165) is 5.56 Å². The van der Waals surface area contributed by atoms with Crippen LogP contribution in [0, 0.1) is 0 Å². The molecule has 0 spiro atoms. The van der Waals surface area contributed by atoms with E-state index in [1.807, 2.05) is 30.0 Å². The highest BCUT2D eigenvalue weighted by atomic mass is 35.5. The quantitative estimate of drug-likeness (QED) is 0.557. The van der Waals surface area contributed by atoms with Gasteiger partial charge in [0, 0.05) is 28.9 Å². The number of hydrogen-bond donors (Lipinski definition) is 2. The maximum atomic E-state index is 12.4. The molecule has 2 amide bonds. The van der Waals surface area contributed by atoms with Gasteiger partial charge in [-0.2, -0.15) is 0 Å². The minimum atomic E-state index is -0.147. The fourth-order valence-electron chi connectivity index (χ4n) is 2.87. The van der Waals surface area contributed by atoms with Crippen LogP contribution < -0.4 is 10.6 Å². The summed E-state index contributed by atoms with van der Waals surface area (Å²) in [6.07, 6.45) is 1.66. The zero-order chi connectivity index (χ0) is 21.5. The Hall–Kier alpha value is -3.16. The lowest BCUT2D eigenvalue weighted by molar-refractivity contribution is -0.117. The Kier molecular flexibility index (Phi) is 7.21. The zero-order valence-electron chi connectivity index (χ0n) is 16.8. The van der Waals surface area contributed by atoms with Gasteiger partial charge in [0.05, 0.1) is 19.3 Å². The topological polar surface area (TPSA) is 87.5 Å². The number of oxazole rings is 1. The molecule has 7 nitrogen and oxygen atoms in total. The van der Waals surface area contributed by atoms with E-state index in [1.165, 1.54) is 6.92 Å². The van der Waals surface area contributed by atoms with Crippen molar-refractivity contribution in [2.24, 2.45) is 0 Å². The van der Waals surface area contributed by atoms with E-state index in [-0.39, 0.29) is 18.4 Å². The van der Waals surface area contributed by atoms with Crippen molar-refractivity contribution in [2.45, 2.75) is 20.4 Å². The number of rotatable bonds is 8. The number of nitrogens with one attached hydrogen (secondary N) is 2. The maximum absolute atomic E-state index is 12.4. The summed E-state index contributed by atoms with van der Waals surface area (Å²) in [4.78, 5) is 29.7. The molecule has 30 heavy (non-hydrogen) atoms. The lowest BCUT2D eigenvalue weighted by Crippen LogP contribution is -2.32. The van der Waals surface area contributed by atoms with Crippen molar-refractivity contribution in [1.29, 1.82) is 0 Å². The van der Waals surface area contributed by atoms with Crippen LogP contribution in [-0.2, 0) is 16.1 Å². The fraction of sp³-hybridized carbons (Fsp3) is 0.227. The SMILES string of the molecule is CCN(CC(=O)Nc1ccc(NC(C)=O)cc1)Cc1ncc(-c2cccc(Cl)c2)o1. The van der Waals surface area contributed by atoms with Crippen LogP contribution in [0.5, 0.6) is 0 Å². The van der Waals surface area contributed by atoms with Crippen molar-refractivity contribution < 1.29 is 14.0 Å². The van der Waals surface area contributed by atoms with Crippen LogP contribution in [0.1, 0.15) is 19.7 Å². The first-order valence-corrected chi connectivity index (χ1v) is 9.91. The molecule has 2 N–H and O–H groups in total. The zero-order valence-corrected chi connectivity index (χ0v) is 17.6. The van der Waals surface area contributed by atoms with Crippen LogP contribution in [0.3, 0.4) is 0 Å². The largest absolute Gasteiger partial charge is 0.439 e. The molecular weight excluding hydrogens is 404 g/mol. The van der Waals surface area contributed by atoms with Gasteiger partial charge in [-0.15, -0.1) is 0 Å². The number of amides is 2. The van der Waals surface area contributed by atoms with Crippen molar-refractivity contribution in [2.75, 3.05) is 23.7 Å². The number of aromatic nitrogens is 1. The number of likely N-dealkylation sites (N-methyl/N-ethyl adjacent to an activating group) is 1. The highest BCUT2D eigenvalue weighted by Gasteiger charge is 2.14. The van der Waals surface area contributed by atoms with Crippen molar-refractivity contribution in [1.82, 2.24) is 9.88 Å². The van der Waals surface area contributed by atoms with E-state index in [2.05, 4.69) is 15.6 Å². The third-order valence-electron chi connectivity index (χ3n) is 4.33. The molecule has 0 atom stereocenters. The van der Waals surface area contributed by atoms with E-state index in [9.17, 15) is 9.59 Å². The smallest absolute Gasteiger partial charge is 0.238 e. The number of hydrogen-bond acceptors (Lipinski definition) is 5. The predicted molar refractivity (Wildman–Crippen MR) is 117 cm³/mol. The summed E-state index contributed by atoms with van der Waals surface area (Å²) in [6, 6.07) is 14.3. The second-order valence-electron chi connectivity index (χ2n) is 6.74. The first-order valence-electron chi connectivity index (χ1n) is 9.53. The monoisotopic (exact) mass is 426 g/mol. The van der Waals surface area contributed by atoms with Crippen LogP contribution >= 0.6 is 11.6 Å². The summed E-state index contributed by atoms with van der Waals surface area (Å²) in [5.41, 5.74) is 2.18. The summed E-state index contributed by atoms with van der Waals surface area (Å²) in [7, 11) is 0. The average molecular weight is 427 g/mol. The minimum absolute atomic E-state index is 0.143. The third kappa shape index (κ3) is 6.17. The molecule has 0 aliphatic heterocycles. The molecule has 3 aromatic rings. The Balaban J connectivity index is 1.56. The van der Waals surface area contributed by atoms with Gasteiger partial charge in [-0.25, -0.2) is 4.98 Å². The van der Waals surface area contributed by atoms with Gasteiger partial charge < -0.3 is 15.1 Å². The molecule has 0 aliphatic rings. The molecule has 8 heteroatoms. The van der Waals surface area contributed by atoms with Crippen molar-refractivity contribution in [3.8, 4) is 11.3 Å². The van der Waals surface area contributed by atoms with Gasteiger partial charge in [0.25, 0.3) is 0 Å². The van der Waals surface area contributed by atoms with E-state index in [0.29, 0.717) is 41.1 Å². The Bertz CT molecular complexity index is 1020. The predicted octanol–water partition coefficient (Wildman–Crippen LogP) is 4.41. The van der Waals surface area contributed by atoms with E-state index < -0.39 is 0 Å².